The molecule has 9 heteroatoms. The van der Waals surface area contributed by atoms with Crippen molar-refractivity contribution in [2.24, 2.45) is 0 Å². The summed E-state index contributed by atoms with van der Waals surface area (Å²) in [7, 11) is 0. The Labute approximate surface area is 154 Å². The topological polar surface area (TPSA) is 92.9 Å². The fourth-order valence-electron chi connectivity index (χ4n) is 2.09. The van der Waals surface area contributed by atoms with Crippen molar-refractivity contribution in [2.45, 2.75) is 20.0 Å². The van der Waals surface area contributed by atoms with E-state index in [2.05, 4.69) is 5.16 Å². The summed E-state index contributed by atoms with van der Waals surface area (Å²) >= 11 is 12.0. The average Bonchev–Trinajstić information content (AvgIpc) is 3.02. The summed E-state index contributed by atoms with van der Waals surface area (Å²) in [4.78, 5) is 24.4. The first-order chi connectivity index (χ1) is 11.9. The first-order valence-electron chi connectivity index (χ1n) is 7.45. The monoisotopic (exact) mass is 386 g/mol. The Kier molecular flexibility index (Phi) is 6.66. The molecule has 1 aromatic carbocycles. The number of hydrogen-bond donors (Lipinski definition) is 1. The van der Waals surface area contributed by atoms with Crippen molar-refractivity contribution in [2.75, 3.05) is 13.1 Å². The van der Waals surface area contributed by atoms with Gasteiger partial charge in [0.1, 0.15) is 13.2 Å². The van der Waals surface area contributed by atoms with Gasteiger partial charge in [0.05, 0.1) is 10.0 Å². The lowest BCUT2D eigenvalue weighted by Crippen LogP contribution is -2.36. The molecule has 1 amide bonds. The molecule has 1 N–H and O–H groups in total. The van der Waals surface area contributed by atoms with Gasteiger partial charge in [-0.3, -0.25) is 9.59 Å². The highest BCUT2D eigenvalue weighted by atomic mass is 35.5. The highest BCUT2D eigenvalue weighted by Crippen LogP contribution is 2.32. The lowest BCUT2D eigenvalue weighted by atomic mass is 10.3. The maximum absolute atomic E-state index is 12.3. The lowest BCUT2D eigenvalue weighted by Gasteiger charge is -2.18. The standard InChI is InChI=1S/C16H16Cl2N2O5/c1-2-6-20(8-14(21)22)16(23)13-7-10(25-19-13)9-24-15-11(17)4-3-5-12(15)18/h3-5,7H,2,6,8-9H2,1H3,(H,21,22). The van der Waals surface area contributed by atoms with Crippen molar-refractivity contribution in [1.82, 2.24) is 10.1 Å². The number of para-hydroxylation sites is 1. The minimum Gasteiger partial charge on any atom is -0.482 e. The van der Waals surface area contributed by atoms with Crippen LogP contribution >= 0.6 is 23.2 Å². The number of carbonyl (C=O) groups is 2. The Morgan fingerprint density at radius 1 is 1.32 bits per heavy atom. The molecule has 0 saturated carbocycles. The molecule has 0 bridgehead atoms. The Morgan fingerprint density at radius 2 is 2.00 bits per heavy atom. The number of ether oxygens (including phenoxy) is 1. The van der Waals surface area contributed by atoms with Crippen LogP contribution in [0.2, 0.25) is 10.0 Å². The number of rotatable bonds is 8. The molecule has 0 unspecified atom stereocenters. The van der Waals surface area contributed by atoms with Gasteiger partial charge in [-0.25, -0.2) is 0 Å². The van der Waals surface area contributed by atoms with E-state index in [9.17, 15) is 9.59 Å². The molecule has 0 aliphatic carbocycles. The number of benzene rings is 1. The van der Waals surface area contributed by atoms with Crippen molar-refractivity contribution >= 4 is 35.1 Å². The third kappa shape index (κ3) is 5.11. The maximum atomic E-state index is 12.3. The minimum atomic E-state index is -1.10. The van der Waals surface area contributed by atoms with Crippen LogP contribution in [-0.4, -0.2) is 40.1 Å². The number of aliphatic carboxylic acids is 1. The molecule has 0 fully saturated rings. The van der Waals surface area contributed by atoms with Gasteiger partial charge in [-0.05, 0) is 18.6 Å². The van der Waals surface area contributed by atoms with Crippen LogP contribution in [0, 0.1) is 0 Å². The van der Waals surface area contributed by atoms with E-state index in [1.54, 1.807) is 18.2 Å². The van der Waals surface area contributed by atoms with Crippen LogP contribution in [0.4, 0.5) is 0 Å². The first-order valence-corrected chi connectivity index (χ1v) is 8.21. The van der Waals surface area contributed by atoms with Gasteiger partial charge in [0.15, 0.2) is 17.2 Å². The molecule has 0 spiro atoms. The van der Waals surface area contributed by atoms with Gasteiger partial charge < -0.3 is 19.3 Å². The molecule has 0 radical (unpaired) electrons. The smallest absolute Gasteiger partial charge is 0.323 e. The number of carbonyl (C=O) groups excluding carboxylic acids is 1. The van der Waals surface area contributed by atoms with Crippen molar-refractivity contribution in [3.05, 3.63) is 45.8 Å². The second-order valence-electron chi connectivity index (χ2n) is 5.14. The highest BCUT2D eigenvalue weighted by Gasteiger charge is 2.21. The van der Waals surface area contributed by atoms with Crippen LogP contribution in [0.1, 0.15) is 29.6 Å². The number of halogens is 2. The molecule has 25 heavy (non-hydrogen) atoms. The molecule has 2 rings (SSSR count). The predicted molar refractivity (Wildman–Crippen MR) is 91.1 cm³/mol. The Balaban J connectivity index is 2.06. The van der Waals surface area contributed by atoms with E-state index in [0.29, 0.717) is 28.8 Å². The van der Waals surface area contributed by atoms with Gasteiger partial charge in [-0.1, -0.05) is 41.3 Å². The van der Waals surface area contributed by atoms with Crippen molar-refractivity contribution in [3.8, 4) is 5.75 Å². The third-order valence-corrected chi connectivity index (χ3v) is 3.76. The largest absolute Gasteiger partial charge is 0.482 e. The summed E-state index contributed by atoms with van der Waals surface area (Å²) in [6.07, 6.45) is 0.623. The number of nitrogens with zero attached hydrogens (tertiary/aromatic N) is 2. The number of amides is 1. The summed E-state index contributed by atoms with van der Waals surface area (Å²) in [5.74, 6) is -1.03. The Morgan fingerprint density at radius 3 is 2.60 bits per heavy atom. The Hall–Kier alpha value is -2.25. The first kappa shape index (κ1) is 19.1. The molecule has 2 aromatic rings. The second kappa shape index (κ2) is 8.73. The van der Waals surface area contributed by atoms with E-state index >= 15 is 0 Å². The molecule has 7 nitrogen and oxygen atoms in total. The minimum absolute atomic E-state index is 0.0126. The van der Waals surface area contributed by atoms with Crippen LogP contribution < -0.4 is 4.74 Å². The van der Waals surface area contributed by atoms with Gasteiger partial charge >= 0.3 is 5.97 Å². The van der Waals surface area contributed by atoms with Crippen molar-refractivity contribution in [3.63, 3.8) is 0 Å². The SMILES string of the molecule is CCCN(CC(=O)O)C(=O)c1cc(COc2c(Cl)cccc2Cl)on1. The van der Waals surface area contributed by atoms with Crippen LogP contribution in [0.3, 0.4) is 0 Å². The van der Waals surface area contributed by atoms with Crippen LogP contribution in [0.25, 0.3) is 0 Å². The zero-order valence-electron chi connectivity index (χ0n) is 13.4. The summed E-state index contributed by atoms with van der Waals surface area (Å²) in [6.45, 7) is 1.72. The molecular weight excluding hydrogens is 371 g/mol. The van der Waals surface area contributed by atoms with Gasteiger partial charge in [0, 0.05) is 12.6 Å². The number of carboxylic acids is 1. The van der Waals surface area contributed by atoms with E-state index in [0.717, 1.165) is 0 Å². The van der Waals surface area contributed by atoms with Gasteiger partial charge in [-0.15, -0.1) is 0 Å². The molecule has 1 heterocycles. The average molecular weight is 387 g/mol. The fraction of sp³-hybridized carbons (Fsp3) is 0.312. The zero-order valence-corrected chi connectivity index (χ0v) is 14.9. The highest BCUT2D eigenvalue weighted by molar-refractivity contribution is 6.37. The zero-order chi connectivity index (χ0) is 18.4. The maximum Gasteiger partial charge on any atom is 0.323 e. The van der Waals surface area contributed by atoms with Crippen molar-refractivity contribution < 1.29 is 24.0 Å². The van der Waals surface area contributed by atoms with Gasteiger partial charge in [-0.2, -0.15) is 0 Å². The van der Waals surface area contributed by atoms with Crippen molar-refractivity contribution in [1.29, 1.82) is 0 Å². The summed E-state index contributed by atoms with van der Waals surface area (Å²) in [6, 6.07) is 6.35. The molecule has 134 valence electrons. The van der Waals surface area contributed by atoms with E-state index in [-0.39, 0.29) is 18.1 Å². The van der Waals surface area contributed by atoms with Crippen LogP contribution in [0.15, 0.2) is 28.8 Å². The quantitative estimate of drug-likeness (QED) is 0.745. The summed E-state index contributed by atoms with van der Waals surface area (Å²) in [5, 5.41) is 13.3. The third-order valence-electron chi connectivity index (χ3n) is 3.16. The lowest BCUT2D eigenvalue weighted by molar-refractivity contribution is -0.137. The molecule has 0 aliphatic heterocycles. The van der Waals surface area contributed by atoms with E-state index in [4.69, 9.17) is 37.6 Å². The molecule has 0 aliphatic rings. The summed E-state index contributed by atoms with van der Waals surface area (Å²) in [5.41, 5.74) is 0.0126. The molecule has 0 atom stereocenters. The number of hydrogen-bond acceptors (Lipinski definition) is 5. The Bertz CT molecular complexity index is 742. The van der Waals surface area contributed by atoms with Gasteiger partial charge in [0.2, 0.25) is 0 Å². The number of carboxylic acid groups (broad SMARTS) is 1. The molecular formula is C16H16Cl2N2O5. The predicted octanol–water partition coefficient (Wildman–Crippen LogP) is 3.50. The van der Waals surface area contributed by atoms with Gasteiger partial charge in [0.25, 0.3) is 5.91 Å². The van der Waals surface area contributed by atoms with E-state index < -0.39 is 18.4 Å². The van der Waals surface area contributed by atoms with Crippen LogP contribution in [-0.2, 0) is 11.4 Å². The molecule has 1 aromatic heterocycles. The fourth-order valence-corrected chi connectivity index (χ4v) is 2.60. The van der Waals surface area contributed by atoms with Crippen LogP contribution in [0.5, 0.6) is 5.75 Å². The van der Waals surface area contributed by atoms with E-state index in [1.807, 2.05) is 6.92 Å². The second-order valence-corrected chi connectivity index (χ2v) is 5.95. The normalized spacial score (nSPS) is 10.5. The van der Waals surface area contributed by atoms with E-state index in [1.165, 1.54) is 11.0 Å². The number of aromatic nitrogens is 1. The summed E-state index contributed by atoms with van der Waals surface area (Å²) < 4.78 is 10.6. The molecule has 0 saturated heterocycles.